The molecule has 0 aliphatic carbocycles. The van der Waals surface area contributed by atoms with Crippen molar-refractivity contribution in [2.45, 2.75) is 32.9 Å². The van der Waals surface area contributed by atoms with Crippen LogP contribution in [0.4, 0.5) is 5.82 Å². The SMILES string of the molecule is CNc1cccc(CN(CCC#N)C(C)C)n1. The average molecular weight is 232 g/mol. The zero-order valence-corrected chi connectivity index (χ0v) is 10.8. The largest absolute Gasteiger partial charge is 0.373 e. The number of nitrogens with one attached hydrogen (secondary N) is 1. The topological polar surface area (TPSA) is 52.0 Å². The van der Waals surface area contributed by atoms with Crippen LogP contribution in [0.15, 0.2) is 18.2 Å². The van der Waals surface area contributed by atoms with Crippen LogP contribution in [0.25, 0.3) is 0 Å². The molecule has 0 spiro atoms. The maximum absolute atomic E-state index is 8.64. The molecule has 0 radical (unpaired) electrons. The van der Waals surface area contributed by atoms with Crippen LogP contribution in [0, 0.1) is 11.3 Å². The molecule has 0 saturated heterocycles. The van der Waals surface area contributed by atoms with Gasteiger partial charge in [0.05, 0.1) is 11.8 Å². The maximum atomic E-state index is 8.64. The quantitative estimate of drug-likeness (QED) is 0.817. The third kappa shape index (κ3) is 4.41. The predicted molar refractivity (Wildman–Crippen MR) is 69.6 cm³/mol. The Morgan fingerprint density at radius 1 is 1.47 bits per heavy atom. The van der Waals surface area contributed by atoms with Crippen molar-refractivity contribution in [1.82, 2.24) is 9.88 Å². The highest BCUT2D eigenvalue weighted by atomic mass is 15.2. The van der Waals surface area contributed by atoms with Crippen LogP contribution in [0.2, 0.25) is 0 Å². The molecule has 1 N–H and O–H groups in total. The number of nitriles is 1. The van der Waals surface area contributed by atoms with Crippen LogP contribution in [0.5, 0.6) is 0 Å². The maximum Gasteiger partial charge on any atom is 0.126 e. The number of aromatic nitrogens is 1. The van der Waals surface area contributed by atoms with Gasteiger partial charge in [-0.15, -0.1) is 0 Å². The van der Waals surface area contributed by atoms with Gasteiger partial charge < -0.3 is 5.32 Å². The number of nitrogens with zero attached hydrogens (tertiary/aromatic N) is 3. The normalized spacial score (nSPS) is 10.6. The highest BCUT2D eigenvalue weighted by molar-refractivity contribution is 5.34. The lowest BCUT2D eigenvalue weighted by Crippen LogP contribution is -2.31. The minimum atomic E-state index is 0.420. The van der Waals surface area contributed by atoms with Gasteiger partial charge in [0.2, 0.25) is 0 Å². The van der Waals surface area contributed by atoms with Gasteiger partial charge in [0.1, 0.15) is 5.82 Å². The van der Waals surface area contributed by atoms with Crippen LogP contribution in [-0.4, -0.2) is 29.5 Å². The molecule has 1 rings (SSSR count). The molecule has 0 aliphatic rings. The summed E-state index contributed by atoms with van der Waals surface area (Å²) < 4.78 is 0. The summed E-state index contributed by atoms with van der Waals surface area (Å²) >= 11 is 0. The van der Waals surface area contributed by atoms with Crippen LogP contribution in [-0.2, 0) is 6.54 Å². The first kappa shape index (κ1) is 13.5. The van der Waals surface area contributed by atoms with Gasteiger partial charge in [-0.3, -0.25) is 4.90 Å². The van der Waals surface area contributed by atoms with Gasteiger partial charge in [0, 0.05) is 32.6 Å². The first-order valence-corrected chi connectivity index (χ1v) is 5.92. The van der Waals surface area contributed by atoms with E-state index in [1.165, 1.54) is 0 Å². The first-order chi connectivity index (χ1) is 8.17. The van der Waals surface area contributed by atoms with Crippen LogP contribution in [0.3, 0.4) is 0 Å². The molecule has 0 saturated carbocycles. The summed E-state index contributed by atoms with van der Waals surface area (Å²) in [5.74, 6) is 0.881. The lowest BCUT2D eigenvalue weighted by molar-refractivity contribution is 0.215. The molecule has 4 nitrogen and oxygen atoms in total. The van der Waals surface area contributed by atoms with Gasteiger partial charge >= 0.3 is 0 Å². The molecule has 0 bridgehead atoms. The second-order valence-electron chi connectivity index (χ2n) is 4.24. The van der Waals surface area contributed by atoms with E-state index in [4.69, 9.17) is 5.26 Å². The van der Waals surface area contributed by atoms with E-state index in [1.807, 2.05) is 25.2 Å². The molecule has 4 heteroatoms. The predicted octanol–water partition coefficient (Wildman–Crippen LogP) is 2.25. The smallest absolute Gasteiger partial charge is 0.126 e. The molecule has 0 aromatic carbocycles. The fraction of sp³-hybridized carbons (Fsp3) is 0.538. The minimum absolute atomic E-state index is 0.420. The number of anilines is 1. The number of pyridine rings is 1. The Kier molecular flexibility index (Phi) is 5.44. The summed E-state index contributed by atoms with van der Waals surface area (Å²) in [6.45, 7) is 5.85. The molecule has 92 valence electrons. The molecule has 0 amide bonds. The summed E-state index contributed by atoms with van der Waals surface area (Å²) in [7, 11) is 1.86. The fourth-order valence-corrected chi connectivity index (χ4v) is 1.63. The van der Waals surface area contributed by atoms with Crippen molar-refractivity contribution in [3.63, 3.8) is 0 Å². The zero-order valence-electron chi connectivity index (χ0n) is 10.8. The van der Waals surface area contributed by atoms with Gasteiger partial charge in [-0.25, -0.2) is 4.98 Å². The van der Waals surface area contributed by atoms with Crippen LogP contribution >= 0.6 is 0 Å². The Hall–Kier alpha value is -1.60. The molecule has 0 aliphatic heterocycles. The fourth-order valence-electron chi connectivity index (χ4n) is 1.63. The van der Waals surface area contributed by atoms with Crippen molar-refractivity contribution >= 4 is 5.82 Å². The third-order valence-corrected chi connectivity index (χ3v) is 2.67. The van der Waals surface area contributed by atoms with Gasteiger partial charge in [0.25, 0.3) is 0 Å². The lowest BCUT2D eigenvalue weighted by Gasteiger charge is -2.25. The van der Waals surface area contributed by atoms with E-state index < -0.39 is 0 Å². The summed E-state index contributed by atoms with van der Waals surface area (Å²) in [5, 5.41) is 11.7. The molecular weight excluding hydrogens is 212 g/mol. The van der Waals surface area contributed by atoms with Crippen LogP contribution in [0.1, 0.15) is 26.0 Å². The van der Waals surface area contributed by atoms with Crippen molar-refractivity contribution < 1.29 is 0 Å². The molecule has 0 fully saturated rings. The molecular formula is C13H20N4. The standard InChI is InChI=1S/C13H20N4/c1-11(2)17(9-5-8-14)10-12-6-4-7-13(15-3)16-12/h4,6-7,11H,5,9-10H2,1-3H3,(H,15,16). The minimum Gasteiger partial charge on any atom is -0.373 e. The van der Waals surface area contributed by atoms with E-state index >= 15 is 0 Å². The number of hydrogen-bond acceptors (Lipinski definition) is 4. The van der Waals surface area contributed by atoms with Crippen molar-refractivity contribution in [2.75, 3.05) is 18.9 Å². The number of rotatable bonds is 6. The first-order valence-electron chi connectivity index (χ1n) is 5.92. The molecule has 1 heterocycles. The Morgan fingerprint density at radius 2 is 2.24 bits per heavy atom. The molecule has 17 heavy (non-hydrogen) atoms. The van der Waals surface area contributed by atoms with Crippen LogP contribution < -0.4 is 5.32 Å². The highest BCUT2D eigenvalue weighted by Crippen LogP contribution is 2.09. The van der Waals surface area contributed by atoms with E-state index in [0.717, 1.165) is 24.6 Å². The second-order valence-corrected chi connectivity index (χ2v) is 4.24. The average Bonchev–Trinajstić information content (AvgIpc) is 2.34. The highest BCUT2D eigenvalue weighted by Gasteiger charge is 2.10. The number of hydrogen-bond donors (Lipinski definition) is 1. The Morgan fingerprint density at radius 3 is 2.82 bits per heavy atom. The summed E-state index contributed by atoms with van der Waals surface area (Å²) in [4.78, 5) is 6.74. The molecule has 0 atom stereocenters. The molecule has 1 aromatic rings. The van der Waals surface area contributed by atoms with E-state index in [9.17, 15) is 0 Å². The summed E-state index contributed by atoms with van der Waals surface area (Å²) in [6.07, 6.45) is 0.559. The van der Waals surface area contributed by atoms with E-state index in [2.05, 4.69) is 35.1 Å². The lowest BCUT2D eigenvalue weighted by atomic mass is 10.2. The Balaban J connectivity index is 2.68. The van der Waals surface area contributed by atoms with Crippen molar-refractivity contribution in [1.29, 1.82) is 5.26 Å². The Labute approximate surface area is 103 Å². The van der Waals surface area contributed by atoms with Crippen molar-refractivity contribution in [3.8, 4) is 6.07 Å². The van der Waals surface area contributed by atoms with Gasteiger partial charge in [-0.1, -0.05) is 6.07 Å². The van der Waals surface area contributed by atoms with E-state index in [0.29, 0.717) is 12.5 Å². The van der Waals surface area contributed by atoms with E-state index in [1.54, 1.807) is 0 Å². The monoisotopic (exact) mass is 232 g/mol. The second kappa shape index (κ2) is 6.87. The van der Waals surface area contributed by atoms with Crippen molar-refractivity contribution in [3.05, 3.63) is 23.9 Å². The third-order valence-electron chi connectivity index (χ3n) is 2.67. The molecule has 1 aromatic heterocycles. The van der Waals surface area contributed by atoms with Crippen molar-refractivity contribution in [2.24, 2.45) is 0 Å². The zero-order chi connectivity index (χ0) is 12.7. The summed E-state index contributed by atoms with van der Waals surface area (Å²) in [6, 6.07) is 8.56. The van der Waals surface area contributed by atoms with Gasteiger partial charge in [-0.05, 0) is 26.0 Å². The molecule has 0 unspecified atom stereocenters. The van der Waals surface area contributed by atoms with Gasteiger partial charge in [0.15, 0.2) is 0 Å². The van der Waals surface area contributed by atoms with E-state index in [-0.39, 0.29) is 0 Å². The Bertz CT molecular complexity index is 381. The van der Waals surface area contributed by atoms with Gasteiger partial charge in [-0.2, -0.15) is 5.26 Å². The summed E-state index contributed by atoms with van der Waals surface area (Å²) in [5.41, 5.74) is 1.03.